The molecule has 1 rings (SSSR count). The van der Waals surface area contributed by atoms with Crippen LogP contribution in [0, 0.1) is 5.82 Å². The highest BCUT2D eigenvalue weighted by Gasteiger charge is 2.36. The fraction of sp³-hybridized carbons (Fsp3) is 0.273. The largest absolute Gasteiger partial charge is 0.465 e. The Morgan fingerprint density at radius 2 is 1.42 bits per heavy atom. The first-order valence-electron chi connectivity index (χ1n) is 4.79. The lowest BCUT2D eigenvalue weighted by molar-refractivity contribution is -0.140. The fourth-order valence-electron chi connectivity index (χ4n) is 1.35. The van der Waals surface area contributed by atoms with Crippen molar-refractivity contribution in [3.8, 4) is 0 Å². The molecule has 19 heavy (non-hydrogen) atoms. The molecule has 0 N–H and O–H groups in total. The third-order valence-electron chi connectivity index (χ3n) is 2.22. The lowest BCUT2D eigenvalue weighted by Crippen LogP contribution is -2.17. The molecule has 104 valence electrons. The summed E-state index contributed by atoms with van der Waals surface area (Å²) in [5, 5.41) is 0. The summed E-state index contributed by atoms with van der Waals surface area (Å²) in [6.45, 7) is 0. The summed E-state index contributed by atoms with van der Waals surface area (Å²) < 4.78 is 59.3. The number of ether oxygens (including phenoxy) is 2. The molecule has 4 nitrogen and oxygen atoms in total. The second kappa shape index (κ2) is 5.25. The van der Waals surface area contributed by atoms with Gasteiger partial charge in [0.2, 0.25) is 0 Å². The van der Waals surface area contributed by atoms with E-state index in [0.717, 1.165) is 14.2 Å². The zero-order valence-electron chi connectivity index (χ0n) is 9.80. The molecule has 0 spiro atoms. The number of hydrogen-bond acceptors (Lipinski definition) is 4. The van der Waals surface area contributed by atoms with Gasteiger partial charge in [-0.1, -0.05) is 0 Å². The van der Waals surface area contributed by atoms with Crippen LogP contribution in [0.3, 0.4) is 0 Å². The van der Waals surface area contributed by atoms with Crippen molar-refractivity contribution in [2.75, 3.05) is 14.2 Å². The van der Waals surface area contributed by atoms with E-state index in [4.69, 9.17) is 0 Å². The van der Waals surface area contributed by atoms with Crippen LogP contribution in [0.25, 0.3) is 0 Å². The van der Waals surface area contributed by atoms with Gasteiger partial charge in [0.05, 0.1) is 30.9 Å². The number of esters is 2. The second-order valence-corrected chi connectivity index (χ2v) is 3.36. The van der Waals surface area contributed by atoms with Crippen molar-refractivity contribution in [3.63, 3.8) is 0 Å². The molecule has 0 heterocycles. The molecule has 0 bridgehead atoms. The van der Waals surface area contributed by atoms with Crippen molar-refractivity contribution in [2.45, 2.75) is 6.18 Å². The minimum absolute atomic E-state index is 0.216. The van der Waals surface area contributed by atoms with Crippen LogP contribution >= 0.6 is 0 Å². The van der Waals surface area contributed by atoms with Crippen molar-refractivity contribution in [2.24, 2.45) is 0 Å². The van der Waals surface area contributed by atoms with Crippen LogP contribution in [0.5, 0.6) is 0 Å². The van der Waals surface area contributed by atoms with Gasteiger partial charge in [-0.05, 0) is 12.1 Å². The summed E-state index contributed by atoms with van der Waals surface area (Å²) in [7, 11) is 1.86. The molecule has 1 aromatic carbocycles. The van der Waals surface area contributed by atoms with E-state index in [2.05, 4.69) is 9.47 Å². The van der Waals surface area contributed by atoms with Crippen molar-refractivity contribution in [1.82, 2.24) is 0 Å². The lowest BCUT2D eigenvalue weighted by atomic mass is 10.0. The molecule has 1 aromatic rings. The highest BCUT2D eigenvalue weighted by atomic mass is 19.4. The SMILES string of the molecule is COC(=O)c1cc(F)c(C(F)(F)F)cc1C(=O)OC. The number of carbonyl (C=O) groups excluding carboxylic acids is 2. The first kappa shape index (κ1) is 14.9. The Kier molecular flexibility index (Phi) is 4.13. The average molecular weight is 280 g/mol. The molecular weight excluding hydrogens is 272 g/mol. The minimum Gasteiger partial charge on any atom is -0.465 e. The highest BCUT2D eigenvalue weighted by Crippen LogP contribution is 2.33. The van der Waals surface area contributed by atoms with Crippen LogP contribution in [-0.4, -0.2) is 26.2 Å². The van der Waals surface area contributed by atoms with Gasteiger partial charge in [-0.2, -0.15) is 13.2 Å². The Hall–Kier alpha value is -2.12. The Morgan fingerprint density at radius 3 is 1.79 bits per heavy atom. The maximum Gasteiger partial charge on any atom is 0.419 e. The van der Waals surface area contributed by atoms with Crippen molar-refractivity contribution in [1.29, 1.82) is 0 Å². The number of hydrogen-bond donors (Lipinski definition) is 0. The van der Waals surface area contributed by atoms with Crippen LogP contribution in [0.4, 0.5) is 17.6 Å². The average Bonchev–Trinajstić information content (AvgIpc) is 2.35. The predicted molar refractivity (Wildman–Crippen MR) is 54.1 cm³/mol. The summed E-state index contributed by atoms with van der Waals surface area (Å²) in [5.41, 5.74) is -3.02. The van der Waals surface area contributed by atoms with Gasteiger partial charge in [0.1, 0.15) is 5.82 Å². The van der Waals surface area contributed by atoms with Crippen LogP contribution < -0.4 is 0 Å². The predicted octanol–water partition coefficient (Wildman–Crippen LogP) is 2.42. The zero-order chi connectivity index (χ0) is 14.8. The topological polar surface area (TPSA) is 52.6 Å². The van der Waals surface area contributed by atoms with Gasteiger partial charge in [-0.25, -0.2) is 14.0 Å². The summed E-state index contributed by atoms with van der Waals surface area (Å²) in [4.78, 5) is 22.6. The molecule has 0 saturated heterocycles. The molecule has 8 heteroatoms. The van der Waals surface area contributed by atoms with E-state index >= 15 is 0 Å². The van der Waals surface area contributed by atoms with Gasteiger partial charge in [-0.15, -0.1) is 0 Å². The zero-order valence-corrected chi connectivity index (χ0v) is 9.80. The molecule has 0 unspecified atom stereocenters. The Labute approximate surface area is 104 Å². The number of carbonyl (C=O) groups is 2. The maximum absolute atomic E-state index is 13.3. The summed E-state index contributed by atoms with van der Waals surface area (Å²) in [6.07, 6.45) is -5.00. The van der Waals surface area contributed by atoms with Gasteiger partial charge in [0, 0.05) is 0 Å². The van der Waals surface area contributed by atoms with E-state index < -0.39 is 40.6 Å². The molecule has 0 aliphatic heterocycles. The van der Waals surface area contributed by atoms with Crippen LogP contribution in [-0.2, 0) is 15.7 Å². The Balaban J connectivity index is 3.55. The van der Waals surface area contributed by atoms with E-state index in [1.54, 1.807) is 0 Å². The number of rotatable bonds is 2. The van der Waals surface area contributed by atoms with Crippen molar-refractivity contribution >= 4 is 11.9 Å². The van der Waals surface area contributed by atoms with Gasteiger partial charge in [0.15, 0.2) is 0 Å². The van der Waals surface area contributed by atoms with Crippen LogP contribution in [0.2, 0.25) is 0 Å². The summed E-state index contributed by atoms with van der Waals surface area (Å²) in [5.74, 6) is -4.03. The van der Waals surface area contributed by atoms with Gasteiger partial charge >= 0.3 is 18.1 Å². The van der Waals surface area contributed by atoms with E-state index in [1.165, 1.54) is 0 Å². The van der Waals surface area contributed by atoms with E-state index in [9.17, 15) is 27.2 Å². The van der Waals surface area contributed by atoms with Gasteiger partial charge < -0.3 is 9.47 Å². The lowest BCUT2D eigenvalue weighted by Gasteiger charge is -2.12. The van der Waals surface area contributed by atoms with Crippen molar-refractivity contribution < 1.29 is 36.6 Å². The van der Waals surface area contributed by atoms with Gasteiger partial charge in [-0.3, -0.25) is 0 Å². The molecule has 0 aliphatic carbocycles. The highest BCUT2D eigenvalue weighted by molar-refractivity contribution is 6.03. The normalized spacial score (nSPS) is 11.1. The smallest absolute Gasteiger partial charge is 0.419 e. The first-order valence-corrected chi connectivity index (χ1v) is 4.79. The molecule has 0 radical (unpaired) electrons. The maximum atomic E-state index is 13.3. The summed E-state index contributed by atoms with van der Waals surface area (Å²) in [6, 6.07) is 0.508. The Bertz CT molecular complexity index is 522. The monoisotopic (exact) mass is 280 g/mol. The van der Waals surface area contributed by atoms with E-state index in [1.807, 2.05) is 0 Å². The number of halogens is 4. The third kappa shape index (κ3) is 3.01. The molecule has 0 amide bonds. The summed E-state index contributed by atoms with van der Waals surface area (Å²) >= 11 is 0. The van der Waals surface area contributed by atoms with Crippen molar-refractivity contribution in [3.05, 3.63) is 34.6 Å². The van der Waals surface area contributed by atoms with E-state index in [0.29, 0.717) is 6.07 Å². The number of methoxy groups -OCH3 is 2. The number of alkyl halides is 3. The molecule has 0 saturated carbocycles. The molecule has 0 aromatic heterocycles. The second-order valence-electron chi connectivity index (χ2n) is 3.36. The fourth-order valence-corrected chi connectivity index (χ4v) is 1.35. The quantitative estimate of drug-likeness (QED) is 0.616. The molecule has 0 aliphatic rings. The van der Waals surface area contributed by atoms with Crippen LogP contribution in [0.15, 0.2) is 12.1 Å². The molecule has 0 atom stereocenters. The first-order chi connectivity index (χ1) is 8.72. The van der Waals surface area contributed by atoms with Crippen LogP contribution in [0.1, 0.15) is 26.3 Å². The number of benzene rings is 1. The molecular formula is C11H8F4O4. The standard InChI is InChI=1S/C11H8F4O4/c1-18-9(16)5-3-7(11(13,14)15)8(12)4-6(5)10(17)19-2/h3-4H,1-2H3. The molecule has 0 fully saturated rings. The Morgan fingerprint density at radius 1 is 1.00 bits per heavy atom. The minimum atomic E-state index is -5.00. The van der Waals surface area contributed by atoms with Gasteiger partial charge in [0.25, 0.3) is 0 Å². The third-order valence-corrected chi connectivity index (χ3v) is 2.22. The van der Waals surface area contributed by atoms with E-state index in [-0.39, 0.29) is 6.07 Å².